The fourth-order valence-electron chi connectivity index (χ4n) is 5.00. The van der Waals surface area contributed by atoms with Gasteiger partial charge in [0.1, 0.15) is 6.29 Å². The Labute approximate surface area is 170 Å². The molecule has 2 aliphatic heterocycles. The quantitative estimate of drug-likeness (QED) is 0.586. The summed E-state index contributed by atoms with van der Waals surface area (Å²) in [7, 11) is 0. The van der Waals surface area contributed by atoms with Crippen LogP contribution in [0.5, 0.6) is 0 Å². The zero-order chi connectivity index (χ0) is 19.7. The molecule has 1 aromatic rings. The number of likely N-dealkylation sites (tertiary alicyclic amines) is 1. The second-order valence-electron chi connectivity index (χ2n) is 8.22. The van der Waals surface area contributed by atoms with Crippen molar-refractivity contribution in [2.24, 2.45) is 11.8 Å². The lowest BCUT2D eigenvalue weighted by Gasteiger charge is -2.27. The van der Waals surface area contributed by atoms with E-state index in [0.29, 0.717) is 36.7 Å². The summed E-state index contributed by atoms with van der Waals surface area (Å²) in [4.78, 5) is 39.6. The van der Waals surface area contributed by atoms with Gasteiger partial charge in [0.05, 0.1) is 18.0 Å². The van der Waals surface area contributed by atoms with Gasteiger partial charge < -0.3 is 15.0 Å². The average Bonchev–Trinajstić information content (AvgIpc) is 3.42. The molecule has 0 radical (unpaired) electrons. The number of nitrogens with zero attached hydrogens (tertiary/aromatic N) is 1. The Kier molecular flexibility index (Phi) is 5.69. The molecule has 1 unspecified atom stereocenters. The molecule has 28 heavy (non-hydrogen) atoms. The predicted octanol–water partition coefficient (Wildman–Crippen LogP) is 1.90. The monoisotopic (exact) mass is 398 g/mol. The van der Waals surface area contributed by atoms with Crippen LogP contribution in [-0.2, 0) is 27.2 Å². The largest absolute Gasteiger partial charge is 0.333 e. The molecule has 3 aliphatic rings. The van der Waals surface area contributed by atoms with Gasteiger partial charge in [-0.15, -0.1) is 0 Å². The van der Waals surface area contributed by atoms with Gasteiger partial charge in [0.15, 0.2) is 5.78 Å². The highest BCUT2D eigenvalue weighted by atomic mass is 32.1. The number of carbonyl (C=O) groups is 3. The lowest BCUT2D eigenvalue weighted by molar-refractivity contribution is -0.138. The number of thiocarbonyl (C=S) groups is 1. The second-order valence-corrected chi connectivity index (χ2v) is 8.74. The zero-order valence-electron chi connectivity index (χ0n) is 15.9. The first-order valence-corrected chi connectivity index (χ1v) is 10.6. The van der Waals surface area contributed by atoms with E-state index >= 15 is 0 Å². The molecule has 6 heteroatoms. The first-order chi connectivity index (χ1) is 13.6. The minimum absolute atomic E-state index is 0.0614. The molecule has 2 saturated heterocycles. The van der Waals surface area contributed by atoms with Crippen molar-refractivity contribution >= 4 is 35.1 Å². The third-order valence-electron chi connectivity index (χ3n) is 6.47. The molecule has 3 atom stereocenters. The molecule has 2 fully saturated rings. The van der Waals surface area contributed by atoms with Crippen molar-refractivity contribution in [3.05, 3.63) is 35.4 Å². The van der Waals surface area contributed by atoms with Crippen LogP contribution in [-0.4, -0.2) is 52.9 Å². The number of carbonyl (C=O) groups excluding carboxylic acids is 3. The average molecular weight is 399 g/mol. The van der Waals surface area contributed by atoms with Crippen molar-refractivity contribution < 1.29 is 14.4 Å². The zero-order valence-corrected chi connectivity index (χ0v) is 16.7. The molecular weight excluding hydrogens is 372 g/mol. The number of aldehydes is 1. The van der Waals surface area contributed by atoms with Crippen molar-refractivity contribution in [2.75, 3.05) is 13.1 Å². The van der Waals surface area contributed by atoms with Crippen LogP contribution >= 0.6 is 12.2 Å². The molecule has 1 N–H and O–H groups in total. The van der Waals surface area contributed by atoms with Gasteiger partial charge in [-0.1, -0.05) is 36.5 Å². The number of ketones is 1. The SMILES string of the molecule is O=C[C@H]1NCC(=S)C1C(=O)[C@@H]1CCCN1C(=O)CCC1Cc2ccccc2C1. The fraction of sp³-hybridized carbons (Fsp3) is 0.545. The fourth-order valence-corrected chi connectivity index (χ4v) is 5.35. The van der Waals surface area contributed by atoms with Crippen molar-refractivity contribution in [1.82, 2.24) is 10.2 Å². The molecule has 0 aromatic heterocycles. The van der Waals surface area contributed by atoms with Crippen LogP contribution in [0.2, 0.25) is 0 Å². The van der Waals surface area contributed by atoms with Gasteiger partial charge in [-0.05, 0) is 49.1 Å². The Morgan fingerprint density at radius 1 is 1.21 bits per heavy atom. The van der Waals surface area contributed by atoms with E-state index in [1.54, 1.807) is 4.90 Å². The van der Waals surface area contributed by atoms with E-state index < -0.39 is 18.0 Å². The maximum Gasteiger partial charge on any atom is 0.223 e. The summed E-state index contributed by atoms with van der Waals surface area (Å²) in [6, 6.07) is 7.51. The van der Waals surface area contributed by atoms with Crippen LogP contribution in [0.15, 0.2) is 24.3 Å². The van der Waals surface area contributed by atoms with Crippen molar-refractivity contribution in [3.63, 3.8) is 0 Å². The Morgan fingerprint density at radius 3 is 2.61 bits per heavy atom. The first kappa shape index (κ1) is 19.4. The van der Waals surface area contributed by atoms with E-state index in [1.807, 2.05) is 0 Å². The summed E-state index contributed by atoms with van der Waals surface area (Å²) in [5.74, 6) is -0.0723. The smallest absolute Gasteiger partial charge is 0.223 e. The summed E-state index contributed by atoms with van der Waals surface area (Å²) in [6.45, 7) is 1.04. The Balaban J connectivity index is 1.35. The van der Waals surface area contributed by atoms with Gasteiger partial charge >= 0.3 is 0 Å². The summed E-state index contributed by atoms with van der Waals surface area (Å²) in [5, 5.41) is 2.99. The summed E-state index contributed by atoms with van der Waals surface area (Å²) >= 11 is 5.31. The van der Waals surface area contributed by atoms with E-state index in [-0.39, 0.29) is 11.7 Å². The van der Waals surface area contributed by atoms with Crippen LogP contribution in [0.4, 0.5) is 0 Å². The maximum atomic E-state index is 13.1. The van der Waals surface area contributed by atoms with Crippen LogP contribution in [0, 0.1) is 11.8 Å². The van der Waals surface area contributed by atoms with Gasteiger partial charge in [0.2, 0.25) is 5.91 Å². The molecule has 5 nitrogen and oxygen atoms in total. The third-order valence-corrected chi connectivity index (χ3v) is 6.87. The number of fused-ring (bicyclic) bond motifs is 1. The second kappa shape index (κ2) is 8.21. The lowest BCUT2D eigenvalue weighted by Crippen LogP contribution is -2.47. The maximum absolute atomic E-state index is 13.1. The van der Waals surface area contributed by atoms with Crippen molar-refractivity contribution in [3.8, 4) is 0 Å². The molecular formula is C22H26N2O3S. The standard InChI is InChI=1S/C22H26N2O3S/c25-13-17-21(19(28)12-23-17)22(27)18-6-3-9-24(18)20(26)8-7-14-10-15-4-1-2-5-16(15)11-14/h1-2,4-5,13-14,17-18,21,23H,3,6-12H2/t17-,18+,21?/m1/s1. The number of amides is 1. The highest BCUT2D eigenvalue weighted by Crippen LogP contribution is 2.31. The number of nitrogens with one attached hydrogen (secondary N) is 1. The molecule has 0 saturated carbocycles. The Hall–Kier alpha value is -1.92. The predicted molar refractivity (Wildman–Crippen MR) is 110 cm³/mol. The first-order valence-electron chi connectivity index (χ1n) is 10.2. The highest BCUT2D eigenvalue weighted by Gasteiger charge is 2.44. The molecule has 1 amide bonds. The molecule has 148 valence electrons. The van der Waals surface area contributed by atoms with Gasteiger partial charge in [0.25, 0.3) is 0 Å². The summed E-state index contributed by atoms with van der Waals surface area (Å²) < 4.78 is 0. The van der Waals surface area contributed by atoms with Crippen LogP contribution in [0.3, 0.4) is 0 Å². The van der Waals surface area contributed by atoms with Crippen molar-refractivity contribution in [1.29, 1.82) is 0 Å². The minimum Gasteiger partial charge on any atom is -0.333 e. The molecule has 0 spiro atoms. The van der Waals surface area contributed by atoms with E-state index in [1.165, 1.54) is 11.1 Å². The summed E-state index contributed by atoms with van der Waals surface area (Å²) in [6.07, 6.45) is 5.67. The lowest BCUT2D eigenvalue weighted by atomic mass is 9.90. The van der Waals surface area contributed by atoms with E-state index in [9.17, 15) is 14.4 Å². The number of benzene rings is 1. The number of rotatable bonds is 6. The minimum atomic E-state index is -0.574. The van der Waals surface area contributed by atoms with Crippen molar-refractivity contribution in [2.45, 2.75) is 50.6 Å². The normalized spacial score (nSPS) is 27.2. The number of hydrogen-bond acceptors (Lipinski definition) is 5. The van der Waals surface area contributed by atoms with E-state index in [2.05, 4.69) is 29.6 Å². The van der Waals surface area contributed by atoms with Gasteiger partial charge in [0, 0.05) is 24.4 Å². The van der Waals surface area contributed by atoms with Crippen LogP contribution in [0.1, 0.15) is 36.8 Å². The number of Topliss-reactive ketones (excluding diaryl/α,β-unsaturated/α-hetero) is 1. The topological polar surface area (TPSA) is 66.5 Å². The molecule has 0 bridgehead atoms. The van der Waals surface area contributed by atoms with E-state index in [0.717, 1.165) is 32.0 Å². The number of hydrogen-bond donors (Lipinski definition) is 1. The third kappa shape index (κ3) is 3.67. The Morgan fingerprint density at radius 2 is 1.93 bits per heavy atom. The van der Waals surface area contributed by atoms with Gasteiger partial charge in [-0.25, -0.2) is 0 Å². The highest BCUT2D eigenvalue weighted by molar-refractivity contribution is 7.80. The molecule has 4 rings (SSSR count). The molecule has 1 aromatic carbocycles. The molecule has 2 heterocycles. The molecule has 1 aliphatic carbocycles. The van der Waals surface area contributed by atoms with Crippen LogP contribution < -0.4 is 5.32 Å². The van der Waals surface area contributed by atoms with Crippen LogP contribution in [0.25, 0.3) is 0 Å². The van der Waals surface area contributed by atoms with Gasteiger partial charge in [-0.3, -0.25) is 9.59 Å². The van der Waals surface area contributed by atoms with Gasteiger partial charge in [-0.2, -0.15) is 0 Å². The Bertz CT molecular complexity index is 784. The van der Waals surface area contributed by atoms with E-state index in [4.69, 9.17) is 12.2 Å². The summed E-state index contributed by atoms with van der Waals surface area (Å²) in [5.41, 5.74) is 2.80.